The van der Waals surface area contributed by atoms with Crippen LogP contribution >= 0.6 is 0 Å². The molecule has 56 heavy (non-hydrogen) atoms. The number of carbonyl (C=O) groups excluding carboxylic acids is 3. The van der Waals surface area contributed by atoms with Crippen molar-refractivity contribution in [1.82, 2.24) is 19.3 Å². The Morgan fingerprint density at radius 3 is 2.30 bits per heavy atom. The first-order chi connectivity index (χ1) is 26.9. The molecule has 1 aromatic heterocycles. The molecule has 0 saturated carbocycles. The van der Waals surface area contributed by atoms with Gasteiger partial charge in [0.2, 0.25) is 5.91 Å². The number of amides is 3. The van der Waals surface area contributed by atoms with Gasteiger partial charge in [0.1, 0.15) is 18.1 Å². The van der Waals surface area contributed by atoms with Crippen molar-refractivity contribution in [3.05, 3.63) is 136 Å². The van der Waals surface area contributed by atoms with E-state index in [0.717, 1.165) is 57.9 Å². The molecule has 3 amide bonds. The summed E-state index contributed by atoms with van der Waals surface area (Å²) in [6, 6.07) is 28.5. The van der Waals surface area contributed by atoms with Crippen LogP contribution in [0.4, 0.5) is 5.69 Å². The van der Waals surface area contributed by atoms with Crippen molar-refractivity contribution in [2.45, 2.75) is 52.2 Å². The van der Waals surface area contributed by atoms with Crippen LogP contribution in [0.25, 0.3) is 11.3 Å². The average molecular weight is 754 g/mol. The van der Waals surface area contributed by atoms with Crippen molar-refractivity contribution in [1.29, 1.82) is 0 Å². The maximum absolute atomic E-state index is 14.9. The van der Waals surface area contributed by atoms with Gasteiger partial charge in [0.25, 0.3) is 11.8 Å². The Labute approximate surface area is 329 Å². The summed E-state index contributed by atoms with van der Waals surface area (Å²) in [5.41, 5.74) is 9.32. The highest BCUT2D eigenvalue weighted by molar-refractivity contribution is 6.08. The molecule has 0 aliphatic carbocycles. The van der Waals surface area contributed by atoms with E-state index < -0.39 is 0 Å². The summed E-state index contributed by atoms with van der Waals surface area (Å²) in [5.74, 6) is 0.588. The maximum Gasteiger partial charge on any atom is 0.259 e. The molecule has 1 N–H and O–H groups in total. The lowest BCUT2D eigenvalue weighted by Gasteiger charge is -2.36. The number of nitrogens with zero attached hydrogens (tertiary/aromatic N) is 5. The van der Waals surface area contributed by atoms with Crippen molar-refractivity contribution in [2.24, 2.45) is 7.05 Å². The number of hydrogen-bond acceptors (Lipinski definition) is 6. The van der Waals surface area contributed by atoms with Crippen LogP contribution in [0.15, 0.2) is 91.0 Å². The second kappa shape index (κ2) is 16.1. The van der Waals surface area contributed by atoms with Gasteiger partial charge in [-0.15, -0.1) is 0 Å². The molecule has 0 saturated heterocycles. The minimum absolute atomic E-state index is 0.0106. The lowest BCUT2D eigenvalue weighted by Crippen LogP contribution is -2.43. The van der Waals surface area contributed by atoms with Gasteiger partial charge >= 0.3 is 0 Å². The van der Waals surface area contributed by atoms with Crippen molar-refractivity contribution < 1.29 is 24.2 Å². The minimum atomic E-state index is -0.194. The van der Waals surface area contributed by atoms with Gasteiger partial charge in [-0.2, -0.15) is 0 Å². The molecule has 290 valence electrons. The summed E-state index contributed by atoms with van der Waals surface area (Å²) in [6.07, 6.45) is 1.62. The molecule has 2 aliphatic heterocycles. The van der Waals surface area contributed by atoms with Crippen molar-refractivity contribution in [2.75, 3.05) is 45.7 Å². The van der Waals surface area contributed by atoms with E-state index in [0.29, 0.717) is 49.5 Å². The first kappa shape index (κ1) is 38.4. The number of carbonyl (C=O) groups is 3. The van der Waals surface area contributed by atoms with Crippen LogP contribution in [0.5, 0.6) is 11.5 Å². The van der Waals surface area contributed by atoms with Crippen LogP contribution in [0.3, 0.4) is 0 Å². The summed E-state index contributed by atoms with van der Waals surface area (Å²) >= 11 is 0. The quantitative estimate of drug-likeness (QED) is 0.172. The van der Waals surface area contributed by atoms with Gasteiger partial charge in [-0.05, 0) is 112 Å². The summed E-state index contributed by atoms with van der Waals surface area (Å²) in [4.78, 5) is 50.2. The molecule has 7 rings (SSSR count). The highest BCUT2D eigenvalue weighted by Crippen LogP contribution is 2.36. The van der Waals surface area contributed by atoms with Crippen molar-refractivity contribution in [3.8, 4) is 22.8 Å². The molecule has 10 nitrogen and oxygen atoms in total. The van der Waals surface area contributed by atoms with Gasteiger partial charge in [0.15, 0.2) is 0 Å². The number of aromatic hydroxyl groups is 1. The fourth-order valence-corrected chi connectivity index (χ4v) is 7.87. The van der Waals surface area contributed by atoms with Gasteiger partial charge in [-0.25, -0.2) is 0 Å². The summed E-state index contributed by atoms with van der Waals surface area (Å²) in [5, 5.41) is 9.81. The topological polar surface area (TPSA) is 98.6 Å². The first-order valence-electron chi connectivity index (χ1n) is 19.3. The lowest BCUT2D eigenvalue weighted by atomic mass is 9.89. The van der Waals surface area contributed by atoms with Gasteiger partial charge in [0, 0.05) is 80.1 Å². The van der Waals surface area contributed by atoms with E-state index in [1.165, 1.54) is 5.56 Å². The third kappa shape index (κ3) is 7.79. The van der Waals surface area contributed by atoms with Gasteiger partial charge < -0.3 is 34.0 Å². The number of ether oxygens (including phenoxy) is 1. The van der Waals surface area contributed by atoms with Crippen LogP contribution in [-0.4, -0.2) is 89.0 Å². The predicted octanol–water partition coefficient (Wildman–Crippen LogP) is 6.64. The highest BCUT2D eigenvalue weighted by Gasteiger charge is 2.32. The lowest BCUT2D eigenvalue weighted by molar-refractivity contribution is -0.131. The largest absolute Gasteiger partial charge is 0.508 e. The SMILES string of the molecule is Cc1c(C(=O)N(C)c2ccc(O)cc2)cc(-c2cc3c(cc2C(=O)N2Cc4ccccc4C[C@H]2C)CN(C(=O)Cc2ccccc2OCCN(C)C)CC3)n1C. The molecule has 0 bridgehead atoms. The number of benzene rings is 4. The van der Waals surface area contributed by atoms with E-state index in [-0.39, 0.29) is 35.9 Å². The zero-order chi connectivity index (χ0) is 39.7. The monoisotopic (exact) mass is 753 g/mol. The molecule has 0 spiro atoms. The van der Waals surface area contributed by atoms with E-state index in [2.05, 4.69) is 30.0 Å². The Hall–Kier alpha value is -5.87. The van der Waals surface area contributed by atoms with Crippen molar-refractivity contribution >= 4 is 23.4 Å². The molecular weight excluding hydrogens is 703 g/mol. The maximum atomic E-state index is 14.9. The molecule has 4 aromatic carbocycles. The molecule has 3 heterocycles. The van der Waals surface area contributed by atoms with Crippen LogP contribution in [0.1, 0.15) is 61.2 Å². The van der Waals surface area contributed by atoms with Crippen LogP contribution in [-0.2, 0) is 44.2 Å². The fraction of sp³-hybridized carbons (Fsp3) is 0.326. The zero-order valence-corrected chi connectivity index (χ0v) is 33.2. The van der Waals surface area contributed by atoms with Crippen LogP contribution < -0.4 is 9.64 Å². The van der Waals surface area contributed by atoms with E-state index >= 15 is 0 Å². The van der Waals surface area contributed by atoms with E-state index in [1.807, 2.05) is 91.0 Å². The smallest absolute Gasteiger partial charge is 0.259 e. The molecule has 0 unspecified atom stereocenters. The van der Waals surface area contributed by atoms with E-state index in [9.17, 15) is 19.5 Å². The Balaban J connectivity index is 1.23. The van der Waals surface area contributed by atoms with Gasteiger partial charge in [-0.1, -0.05) is 42.5 Å². The average Bonchev–Trinajstić information content (AvgIpc) is 3.49. The Morgan fingerprint density at radius 2 is 1.55 bits per heavy atom. The summed E-state index contributed by atoms with van der Waals surface area (Å²) < 4.78 is 8.05. The Kier molecular flexibility index (Phi) is 11.0. The molecule has 2 aliphatic rings. The number of para-hydroxylation sites is 1. The predicted molar refractivity (Wildman–Crippen MR) is 219 cm³/mol. The normalized spacial score (nSPS) is 15.0. The number of phenolic OH excluding ortho intramolecular Hbond substituents is 1. The summed E-state index contributed by atoms with van der Waals surface area (Å²) in [6.45, 7) is 6.76. The Morgan fingerprint density at radius 1 is 0.839 bits per heavy atom. The van der Waals surface area contributed by atoms with E-state index in [1.54, 1.807) is 36.2 Å². The second-order valence-electron chi connectivity index (χ2n) is 15.4. The Bertz CT molecular complexity index is 2280. The molecule has 1 atom stereocenters. The summed E-state index contributed by atoms with van der Waals surface area (Å²) in [7, 11) is 7.65. The molecule has 5 aromatic rings. The number of hydrogen-bond donors (Lipinski definition) is 1. The standard InChI is InChI=1S/C46H51N5O5/c1-30-23-32-11-7-8-13-35(32)29-51(30)46(55)41-25-36-28-50(44(53)26-34-12-9-10-14-43(34)56-22-21-47(3)4)20-19-33(36)24-40(41)42-27-39(31(2)48(42)5)45(54)49(6)37-15-17-38(52)18-16-37/h7-18,24-25,27,30,52H,19-23,26,28-29H2,1-6H3/t30-/m1/s1. The minimum Gasteiger partial charge on any atom is -0.508 e. The zero-order valence-electron chi connectivity index (χ0n) is 33.2. The highest BCUT2D eigenvalue weighted by atomic mass is 16.5. The third-order valence-corrected chi connectivity index (χ3v) is 11.4. The number of likely N-dealkylation sites (N-methyl/N-ethyl adjacent to an activating group) is 1. The molecule has 0 fully saturated rings. The number of rotatable bonds is 10. The second-order valence-corrected chi connectivity index (χ2v) is 15.4. The number of aromatic nitrogens is 1. The fourth-order valence-electron chi connectivity index (χ4n) is 7.87. The number of fused-ring (bicyclic) bond motifs is 2. The van der Waals surface area contributed by atoms with Gasteiger partial charge in [-0.3, -0.25) is 14.4 Å². The van der Waals surface area contributed by atoms with Crippen LogP contribution in [0.2, 0.25) is 0 Å². The number of phenols is 1. The van der Waals surface area contributed by atoms with Crippen LogP contribution in [0, 0.1) is 6.92 Å². The molecular formula is C46H51N5O5. The van der Waals surface area contributed by atoms with Crippen molar-refractivity contribution in [3.63, 3.8) is 0 Å². The van der Waals surface area contributed by atoms with E-state index in [4.69, 9.17) is 4.74 Å². The van der Waals surface area contributed by atoms with Gasteiger partial charge in [0.05, 0.1) is 12.0 Å². The first-order valence-corrected chi connectivity index (χ1v) is 19.3. The third-order valence-electron chi connectivity index (χ3n) is 11.4. The molecule has 0 radical (unpaired) electrons. The molecule has 10 heteroatoms. The number of anilines is 1.